The molecular weight excluding hydrogens is 136 g/mol. The minimum absolute atomic E-state index is 0.155. The lowest BCUT2D eigenvalue weighted by atomic mass is 10.0. The first kappa shape index (κ1) is 6.47. The third-order valence-electron chi connectivity index (χ3n) is 4.30. The van der Waals surface area contributed by atoms with Gasteiger partial charge in [-0.15, -0.1) is 0 Å². The molecule has 0 aliphatic heterocycles. The summed E-state index contributed by atoms with van der Waals surface area (Å²) in [5.41, 5.74) is -0.155. The molecule has 0 bridgehead atoms. The molecule has 3 rings (SSSR count). The summed E-state index contributed by atoms with van der Waals surface area (Å²) >= 11 is 0. The molecule has 11 heavy (non-hydrogen) atoms. The predicted octanol–water partition coefficient (Wildman–Crippen LogP) is 1.80. The fourth-order valence-corrected chi connectivity index (χ4v) is 3.49. The van der Waals surface area contributed by atoms with Crippen molar-refractivity contribution in [3.05, 3.63) is 0 Å². The van der Waals surface area contributed by atoms with E-state index < -0.39 is 0 Å². The fourth-order valence-electron chi connectivity index (χ4n) is 3.49. The van der Waals surface area contributed by atoms with Gasteiger partial charge in [0.1, 0.15) is 0 Å². The van der Waals surface area contributed by atoms with E-state index in [0.29, 0.717) is 5.92 Å². The van der Waals surface area contributed by atoms with Gasteiger partial charge in [0.05, 0.1) is 5.60 Å². The summed E-state index contributed by atoms with van der Waals surface area (Å²) in [5, 5.41) is 10.2. The molecule has 1 heteroatoms. The van der Waals surface area contributed by atoms with Crippen molar-refractivity contribution in [1.29, 1.82) is 0 Å². The largest absolute Gasteiger partial charge is 0.389 e. The van der Waals surface area contributed by atoms with Crippen LogP contribution in [0.4, 0.5) is 0 Å². The lowest BCUT2D eigenvalue weighted by molar-refractivity contribution is 0.0782. The average molecular weight is 152 g/mol. The van der Waals surface area contributed by atoms with E-state index in [1.54, 1.807) is 0 Å². The molecule has 3 aliphatic carbocycles. The van der Waals surface area contributed by atoms with Crippen molar-refractivity contribution in [2.75, 3.05) is 0 Å². The van der Waals surface area contributed by atoms with Crippen molar-refractivity contribution < 1.29 is 5.11 Å². The molecule has 0 spiro atoms. The van der Waals surface area contributed by atoms with E-state index >= 15 is 0 Å². The normalized spacial score (nSPS) is 66.0. The lowest BCUT2D eigenvalue weighted by Gasteiger charge is -2.12. The van der Waals surface area contributed by atoms with Crippen LogP contribution in [0, 0.1) is 23.7 Å². The summed E-state index contributed by atoms with van der Waals surface area (Å²) in [7, 11) is 0. The molecule has 0 aromatic carbocycles. The quantitative estimate of drug-likeness (QED) is 0.607. The molecule has 62 valence electrons. The zero-order valence-corrected chi connectivity index (χ0v) is 7.09. The maximum Gasteiger partial charge on any atom is 0.0741 e. The Kier molecular flexibility index (Phi) is 0.976. The molecule has 0 heterocycles. The Balaban J connectivity index is 1.79. The van der Waals surface area contributed by atoms with Crippen LogP contribution in [-0.4, -0.2) is 10.7 Å². The monoisotopic (exact) mass is 152 g/mol. The van der Waals surface area contributed by atoms with Gasteiger partial charge in [0.25, 0.3) is 0 Å². The van der Waals surface area contributed by atoms with Gasteiger partial charge in [-0.05, 0) is 42.9 Å². The van der Waals surface area contributed by atoms with Gasteiger partial charge in [-0.25, -0.2) is 0 Å². The zero-order chi connectivity index (χ0) is 7.64. The standard InChI is InChI=1S/C10H16O/c1-6-5-9(6)10(11)7-3-2-4-8(7)10/h6-9,11H,2-5H2,1H3. The second-order valence-electron chi connectivity index (χ2n) is 4.85. The van der Waals surface area contributed by atoms with Crippen LogP contribution in [0.5, 0.6) is 0 Å². The Bertz CT molecular complexity index is 184. The Morgan fingerprint density at radius 1 is 1.18 bits per heavy atom. The highest BCUT2D eigenvalue weighted by molar-refractivity contribution is 5.21. The first-order valence-electron chi connectivity index (χ1n) is 4.97. The summed E-state index contributed by atoms with van der Waals surface area (Å²) in [6, 6.07) is 0. The van der Waals surface area contributed by atoms with Crippen LogP contribution in [-0.2, 0) is 0 Å². The number of hydrogen-bond acceptors (Lipinski definition) is 1. The number of rotatable bonds is 1. The summed E-state index contributed by atoms with van der Waals surface area (Å²) in [4.78, 5) is 0. The van der Waals surface area contributed by atoms with E-state index in [9.17, 15) is 5.11 Å². The lowest BCUT2D eigenvalue weighted by Crippen LogP contribution is -2.19. The smallest absolute Gasteiger partial charge is 0.0741 e. The van der Waals surface area contributed by atoms with E-state index in [2.05, 4.69) is 6.92 Å². The van der Waals surface area contributed by atoms with Crippen molar-refractivity contribution in [3.63, 3.8) is 0 Å². The van der Waals surface area contributed by atoms with Crippen LogP contribution in [0.25, 0.3) is 0 Å². The van der Waals surface area contributed by atoms with Gasteiger partial charge in [0, 0.05) is 0 Å². The molecule has 3 fully saturated rings. The first-order valence-corrected chi connectivity index (χ1v) is 4.97. The Morgan fingerprint density at radius 3 is 2.18 bits per heavy atom. The molecule has 0 radical (unpaired) electrons. The molecule has 4 atom stereocenters. The van der Waals surface area contributed by atoms with Gasteiger partial charge in [0.2, 0.25) is 0 Å². The summed E-state index contributed by atoms with van der Waals surface area (Å²) in [5.74, 6) is 2.96. The summed E-state index contributed by atoms with van der Waals surface area (Å²) in [6.07, 6.45) is 5.29. The first-order chi connectivity index (χ1) is 5.24. The third kappa shape index (κ3) is 0.618. The van der Waals surface area contributed by atoms with Gasteiger partial charge in [0.15, 0.2) is 0 Å². The van der Waals surface area contributed by atoms with Crippen LogP contribution in [0.2, 0.25) is 0 Å². The fraction of sp³-hybridized carbons (Fsp3) is 1.00. The SMILES string of the molecule is CC1CC1C1(O)C2CCCC21. The molecule has 1 N–H and O–H groups in total. The minimum atomic E-state index is -0.155. The second kappa shape index (κ2) is 1.66. The van der Waals surface area contributed by atoms with Crippen LogP contribution in [0.15, 0.2) is 0 Å². The number of fused-ring (bicyclic) bond motifs is 1. The topological polar surface area (TPSA) is 20.2 Å². The molecule has 0 amide bonds. The van der Waals surface area contributed by atoms with E-state index in [-0.39, 0.29) is 5.60 Å². The molecule has 0 aromatic heterocycles. The molecular formula is C10H16O. The van der Waals surface area contributed by atoms with Crippen LogP contribution in [0.1, 0.15) is 32.6 Å². The van der Waals surface area contributed by atoms with Gasteiger partial charge in [-0.2, -0.15) is 0 Å². The zero-order valence-electron chi connectivity index (χ0n) is 7.09. The number of hydrogen-bond donors (Lipinski definition) is 1. The maximum absolute atomic E-state index is 10.2. The van der Waals surface area contributed by atoms with E-state index in [4.69, 9.17) is 0 Å². The maximum atomic E-state index is 10.2. The molecule has 3 aliphatic rings. The second-order valence-corrected chi connectivity index (χ2v) is 4.85. The van der Waals surface area contributed by atoms with Gasteiger partial charge in [-0.3, -0.25) is 0 Å². The van der Waals surface area contributed by atoms with Crippen LogP contribution >= 0.6 is 0 Å². The van der Waals surface area contributed by atoms with Gasteiger partial charge < -0.3 is 5.11 Å². The van der Waals surface area contributed by atoms with E-state index in [0.717, 1.165) is 17.8 Å². The van der Waals surface area contributed by atoms with Crippen molar-refractivity contribution in [2.45, 2.75) is 38.2 Å². The predicted molar refractivity (Wildman–Crippen MR) is 43.1 cm³/mol. The average Bonchev–Trinajstić information content (AvgIpc) is 2.76. The highest BCUT2D eigenvalue weighted by Gasteiger charge is 2.72. The third-order valence-corrected chi connectivity index (χ3v) is 4.30. The molecule has 0 aromatic rings. The Hall–Kier alpha value is -0.0400. The minimum Gasteiger partial charge on any atom is -0.389 e. The van der Waals surface area contributed by atoms with Crippen molar-refractivity contribution in [1.82, 2.24) is 0 Å². The highest BCUT2D eigenvalue weighted by Crippen LogP contribution is 2.70. The van der Waals surface area contributed by atoms with Crippen molar-refractivity contribution in [2.24, 2.45) is 23.7 Å². The van der Waals surface area contributed by atoms with Crippen LogP contribution < -0.4 is 0 Å². The van der Waals surface area contributed by atoms with E-state index in [1.165, 1.54) is 25.7 Å². The van der Waals surface area contributed by atoms with Crippen molar-refractivity contribution >= 4 is 0 Å². The van der Waals surface area contributed by atoms with Gasteiger partial charge in [-0.1, -0.05) is 13.3 Å². The highest BCUT2D eigenvalue weighted by atomic mass is 16.3. The number of aliphatic hydroxyl groups is 1. The molecule has 3 saturated carbocycles. The summed E-state index contributed by atoms with van der Waals surface area (Å²) in [6.45, 7) is 2.27. The van der Waals surface area contributed by atoms with Crippen LogP contribution in [0.3, 0.4) is 0 Å². The van der Waals surface area contributed by atoms with Gasteiger partial charge >= 0.3 is 0 Å². The molecule has 1 nitrogen and oxygen atoms in total. The summed E-state index contributed by atoms with van der Waals surface area (Å²) < 4.78 is 0. The molecule has 4 unspecified atom stereocenters. The molecule has 0 saturated heterocycles. The Morgan fingerprint density at radius 2 is 1.73 bits per heavy atom. The Labute approximate surface area is 67.8 Å². The van der Waals surface area contributed by atoms with E-state index in [1.807, 2.05) is 0 Å². The van der Waals surface area contributed by atoms with Crippen molar-refractivity contribution in [3.8, 4) is 0 Å².